The quantitative estimate of drug-likeness (QED) is 0.820. The number of carbonyl (C=O) groups excluding carboxylic acids is 2. The summed E-state index contributed by atoms with van der Waals surface area (Å²) in [6, 6.07) is 8.83. The van der Waals surface area contributed by atoms with E-state index in [2.05, 4.69) is 5.32 Å². The minimum Gasteiger partial charge on any atom is -0.388 e. The molecule has 2 N–H and O–H groups in total. The van der Waals surface area contributed by atoms with Gasteiger partial charge in [-0.25, -0.2) is 0 Å². The van der Waals surface area contributed by atoms with Crippen LogP contribution in [0.15, 0.2) is 30.3 Å². The maximum absolute atomic E-state index is 12.0. The van der Waals surface area contributed by atoms with Crippen LogP contribution in [0.1, 0.15) is 25.7 Å². The van der Waals surface area contributed by atoms with E-state index in [1.165, 1.54) is 4.90 Å². The number of likely N-dealkylation sites (N-methyl/N-ethyl adjacent to an activating group) is 1. The summed E-state index contributed by atoms with van der Waals surface area (Å²) in [7, 11) is 1.54. The van der Waals surface area contributed by atoms with E-state index < -0.39 is 17.4 Å². The number of aliphatic hydroxyl groups is 1. The standard InChI is InChI=1S/C15H20N2O3/c1-17(11-15(20)9-5-6-10-15)14(19)13(18)16-12-7-3-2-4-8-12/h2-4,7-8,20H,5-6,9-11H2,1H3,(H,16,18). The van der Waals surface area contributed by atoms with Gasteiger partial charge in [0, 0.05) is 19.3 Å². The first-order valence-electron chi connectivity index (χ1n) is 6.84. The van der Waals surface area contributed by atoms with Crippen molar-refractivity contribution in [2.24, 2.45) is 0 Å². The molecule has 0 heterocycles. The number of para-hydroxylation sites is 1. The van der Waals surface area contributed by atoms with E-state index in [4.69, 9.17) is 0 Å². The largest absolute Gasteiger partial charge is 0.388 e. The number of rotatable bonds is 3. The van der Waals surface area contributed by atoms with Crippen LogP contribution in [0.3, 0.4) is 0 Å². The molecule has 1 saturated carbocycles. The van der Waals surface area contributed by atoms with E-state index in [1.807, 2.05) is 6.07 Å². The van der Waals surface area contributed by atoms with Crippen molar-refractivity contribution in [3.63, 3.8) is 0 Å². The van der Waals surface area contributed by atoms with Crippen molar-refractivity contribution >= 4 is 17.5 Å². The first kappa shape index (κ1) is 14.5. The molecule has 2 rings (SSSR count). The molecule has 1 fully saturated rings. The summed E-state index contributed by atoms with van der Waals surface area (Å²) in [4.78, 5) is 25.1. The van der Waals surface area contributed by atoms with Crippen LogP contribution in [0, 0.1) is 0 Å². The fourth-order valence-corrected chi connectivity index (χ4v) is 2.58. The second-order valence-electron chi connectivity index (χ2n) is 5.41. The number of nitrogens with one attached hydrogen (secondary N) is 1. The van der Waals surface area contributed by atoms with Crippen LogP contribution in [0.4, 0.5) is 5.69 Å². The number of benzene rings is 1. The molecule has 0 aliphatic heterocycles. The molecular formula is C15H20N2O3. The van der Waals surface area contributed by atoms with Crippen molar-refractivity contribution in [2.75, 3.05) is 18.9 Å². The van der Waals surface area contributed by atoms with Crippen LogP contribution < -0.4 is 5.32 Å². The van der Waals surface area contributed by atoms with E-state index in [1.54, 1.807) is 31.3 Å². The van der Waals surface area contributed by atoms with Crippen LogP contribution in [0.25, 0.3) is 0 Å². The molecule has 5 heteroatoms. The van der Waals surface area contributed by atoms with Gasteiger partial charge in [-0.3, -0.25) is 9.59 Å². The predicted octanol–water partition coefficient (Wildman–Crippen LogP) is 1.39. The van der Waals surface area contributed by atoms with E-state index in [0.717, 1.165) is 12.8 Å². The van der Waals surface area contributed by atoms with Gasteiger partial charge in [-0.2, -0.15) is 0 Å². The summed E-state index contributed by atoms with van der Waals surface area (Å²) in [6.07, 6.45) is 3.30. The second kappa shape index (κ2) is 6.05. The molecule has 0 saturated heterocycles. The van der Waals surface area contributed by atoms with Gasteiger partial charge in [-0.05, 0) is 25.0 Å². The summed E-state index contributed by atoms with van der Waals surface area (Å²) >= 11 is 0. The lowest BCUT2D eigenvalue weighted by molar-refractivity contribution is -0.144. The molecule has 0 bridgehead atoms. The molecule has 0 atom stereocenters. The average molecular weight is 276 g/mol. The Labute approximate surface area is 118 Å². The minimum absolute atomic E-state index is 0.202. The molecule has 2 amide bonds. The highest BCUT2D eigenvalue weighted by atomic mass is 16.3. The molecule has 0 spiro atoms. The highest BCUT2D eigenvalue weighted by molar-refractivity contribution is 6.39. The second-order valence-corrected chi connectivity index (χ2v) is 5.41. The smallest absolute Gasteiger partial charge is 0.313 e. The maximum atomic E-state index is 12.0. The molecule has 1 aliphatic rings. The van der Waals surface area contributed by atoms with Gasteiger partial charge in [0.05, 0.1) is 5.60 Å². The summed E-state index contributed by atoms with van der Waals surface area (Å²) in [5, 5.41) is 12.8. The SMILES string of the molecule is CN(CC1(O)CCCC1)C(=O)C(=O)Nc1ccccc1. The Morgan fingerprint density at radius 2 is 1.85 bits per heavy atom. The third-order valence-corrected chi connectivity index (χ3v) is 3.64. The van der Waals surface area contributed by atoms with Crippen molar-refractivity contribution in [1.82, 2.24) is 4.90 Å². The Morgan fingerprint density at radius 3 is 2.45 bits per heavy atom. The zero-order chi connectivity index (χ0) is 14.6. The van der Waals surface area contributed by atoms with Crippen LogP contribution >= 0.6 is 0 Å². The molecule has 108 valence electrons. The molecule has 20 heavy (non-hydrogen) atoms. The number of hydrogen-bond acceptors (Lipinski definition) is 3. The number of amides is 2. The molecule has 0 radical (unpaired) electrons. The average Bonchev–Trinajstić information content (AvgIpc) is 2.85. The van der Waals surface area contributed by atoms with Gasteiger partial charge in [-0.15, -0.1) is 0 Å². The highest BCUT2D eigenvalue weighted by Crippen LogP contribution is 2.29. The Bertz CT molecular complexity index is 481. The third kappa shape index (κ3) is 3.57. The van der Waals surface area contributed by atoms with E-state index in [-0.39, 0.29) is 6.54 Å². The first-order valence-corrected chi connectivity index (χ1v) is 6.84. The summed E-state index contributed by atoms with van der Waals surface area (Å²) in [5.41, 5.74) is -0.254. The van der Waals surface area contributed by atoms with Gasteiger partial charge in [0.25, 0.3) is 0 Å². The zero-order valence-corrected chi connectivity index (χ0v) is 11.6. The first-order chi connectivity index (χ1) is 9.50. The van der Waals surface area contributed by atoms with Crippen LogP contribution in [-0.2, 0) is 9.59 Å². The zero-order valence-electron chi connectivity index (χ0n) is 11.6. The number of nitrogens with zero attached hydrogens (tertiary/aromatic N) is 1. The molecule has 0 aromatic heterocycles. The Hall–Kier alpha value is -1.88. The van der Waals surface area contributed by atoms with E-state index in [9.17, 15) is 14.7 Å². The lowest BCUT2D eigenvalue weighted by Crippen LogP contribution is -2.45. The Balaban J connectivity index is 1.91. The lowest BCUT2D eigenvalue weighted by atomic mass is 10.0. The molecule has 5 nitrogen and oxygen atoms in total. The fourth-order valence-electron chi connectivity index (χ4n) is 2.58. The van der Waals surface area contributed by atoms with Crippen molar-refractivity contribution < 1.29 is 14.7 Å². The Morgan fingerprint density at radius 1 is 1.25 bits per heavy atom. The number of carbonyl (C=O) groups is 2. The molecule has 1 aromatic carbocycles. The Kier molecular flexibility index (Phi) is 4.39. The molecule has 1 aliphatic carbocycles. The highest BCUT2D eigenvalue weighted by Gasteiger charge is 2.34. The van der Waals surface area contributed by atoms with Crippen LogP contribution in [-0.4, -0.2) is 41.0 Å². The van der Waals surface area contributed by atoms with Gasteiger partial charge >= 0.3 is 11.8 Å². The van der Waals surface area contributed by atoms with Gasteiger partial charge < -0.3 is 15.3 Å². The van der Waals surface area contributed by atoms with Crippen molar-refractivity contribution in [1.29, 1.82) is 0 Å². The summed E-state index contributed by atoms with van der Waals surface area (Å²) in [6.45, 7) is 0.202. The monoisotopic (exact) mass is 276 g/mol. The summed E-state index contributed by atoms with van der Waals surface area (Å²) in [5.74, 6) is -1.31. The van der Waals surface area contributed by atoms with Crippen molar-refractivity contribution in [2.45, 2.75) is 31.3 Å². The molecule has 1 aromatic rings. The van der Waals surface area contributed by atoms with E-state index in [0.29, 0.717) is 18.5 Å². The topological polar surface area (TPSA) is 69.6 Å². The fraction of sp³-hybridized carbons (Fsp3) is 0.467. The number of anilines is 1. The van der Waals surface area contributed by atoms with Gasteiger partial charge in [0.1, 0.15) is 0 Å². The minimum atomic E-state index is -0.836. The number of hydrogen-bond donors (Lipinski definition) is 2. The van der Waals surface area contributed by atoms with Gasteiger partial charge in [-0.1, -0.05) is 31.0 Å². The molecule has 0 unspecified atom stereocenters. The van der Waals surface area contributed by atoms with Crippen molar-refractivity contribution in [3.8, 4) is 0 Å². The van der Waals surface area contributed by atoms with Crippen molar-refractivity contribution in [3.05, 3.63) is 30.3 Å². The predicted molar refractivity (Wildman–Crippen MR) is 76.1 cm³/mol. The van der Waals surface area contributed by atoms with E-state index >= 15 is 0 Å². The van der Waals surface area contributed by atoms with Crippen LogP contribution in [0.2, 0.25) is 0 Å². The van der Waals surface area contributed by atoms with Gasteiger partial charge in [0.15, 0.2) is 0 Å². The summed E-state index contributed by atoms with van der Waals surface area (Å²) < 4.78 is 0. The lowest BCUT2D eigenvalue weighted by Gasteiger charge is -2.28. The van der Waals surface area contributed by atoms with Gasteiger partial charge in [0.2, 0.25) is 0 Å². The van der Waals surface area contributed by atoms with Crippen LogP contribution in [0.5, 0.6) is 0 Å². The normalized spacial score (nSPS) is 16.7. The third-order valence-electron chi connectivity index (χ3n) is 3.64. The molecular weight excluding hydrogens is 256 g/mol. The maximum Gasteiger partial charge on any atom is 0.313 e.